The summed E-state index contributed by atoms with van der Waals surface area (Å²) in [6.07, 6.45) is 0. The molecule has 0 aliphatic heterocycles. The third-order valence-electron chi connectivity index (χ3n) is 11.5. The molecule has 6 heteroatoms. The van der Waals surface area contributed by atoms with Gasteiger partial charge in [0.15, 0.2) is 7.14 Å². The maximum atomic E-state index is 16.9. The molecule has 3 heterocycles. The Bertz CT molecular complexity index is 3650. The summed E-state index contributed by atoms with van der Waals surface area (Å²) in [7, 11) is -3.55. The molecule has 0 saturated heterocycles. The molecule has 0 fully saturated rings. The summed E-state index contributed by atoms with van der Waals surface area (Å²) < 4.78 is 21.4. The lowest BCUT2D eigenvalue weighted by Gasteiger charge is -2.24. The van der Waals surface area contributed by atoms with Gasteiger partial charge in [-0.2, -0.15) is 0 Å². The smallest absolute Gasteiger partial charge is 0.221 e. The molecule has 262 valence electrons. The van der Waals surface area contributed by atoms with Crippen molar-refractivity contribution in [1.29, 1.82) is 0 Å². The van der Waals surface area contributed by atoms with E-state index in [-0.39, 0.29) is 0 Å². The Balaban J connectivity index is 1.27. The lowest BCUT2D eigenvalue weighted by atomic mass is 10.1. The molecule has 9 aromatic carbocycles. The highest BCUT2D eigenvalue weighted by molar-refractivity contribution is 7.86. The second kappa shape index (κ2) is 11.7. The number of imidazole rings is 1. The predicted molar refractivity (Wildman–Crippen MR) is 234 cm³/mol. The average molecular weight is 735 g/mol. The molecule has 56 heavy (non-hydrogen) atoms. The Morgan fingerprint density at radius 2 is 1.04 bits per heavy atom. The van der Waals surface area contributed by atoms with Crippen LogP contribution in [0.15, 0.2) is 188 Å². The van der Waals surface area contributed by atoms with Gasteiger partial charge in [0.1, 0.15) is 5.65 Å². The zero-order chi connectivity index (χ0) is 37.0. The molecule has 12 aromatic rings. The molecular weight excluding hydrogens is 704 g/mol. The van der Waals surface area contributed by atoms with Crippen LogP contribution in [-0.4, -0.2) is 18.9 Å². The predicted octanol–water partition coefficient (Wildman–Crippen LogP) is 11.2. The number of hydrogen-bond donors (Lipinski definition) is 0. The summed E-state index contributed by atoms with van der Waals surface area (Å²) in [4.78, 5) is 10.6. The molecule has 1 unspecified atom stereocenters. The number of aromatic nitrogens is 4. The van der Waals surface area contributed by atoms with Gasteiger partial charge in [0.05, 0.1) is 27.6 Å². The Morgan fingerprint density at radius 3 is 1.88 bits per heavy atom. The first-order valence-electron chi connectivity index (χ1n) is 18.9. The van der Waals surface area contributed by atoms with Crippen LogP contribution in [0.5, 0.6) is 0 Å². The molecule has 0 spiro atoms. The van der Waals surface area contributed by atoms with Gasteiger partial charge < -0.3 is 4.57 Å². The highest BCUT2D eigenvalue weighted by Crippen LogP contribution is 2.49. The van der Waals surface area contributed by atoms with E-state index in [2.05, 4.69) is 148 Å². The number of para-hydroxylation sites is 4. The minimum Gasteiger partial charge on any atom is -0.309 e. The summed E-state index contributed by atoms with van der Waals surface area (Å²) in [5.74, 6) is 0.753. The van der Waals surface area contributed by atoms with Gasteiger partial charge in [0.2, 0.25) is 5.95 Å². The summed E-state index contributed by atoms with van der Waals surface area (Å²) in [5.41, 5.74) is 5.64. The van der Waals surface area contributed by atoms with Crippen molar-refractivity contribution >= 4 is 105 Å². The monoisotopic (exact) mass is 734 g/mol. The summed E-state index contributed by atoms with van der Waals surface area (Å²) in [6, 6.07) is 64.9. The molecule has 5 nitrogen and oxygen atoms in total. The zero-order valence-electron chi connectivity index (χ0n) is 30.0. The first-order chi connectivity index (χ1) is 27.7. The van der Waals surface area contributed by atoms with Crippen LogP contribution < -0.4 is 15.9 Å². The molecule has 0 amide bonds. The van der Waals surface area contributed by atoms with E-state index in [4.69, 9.17) is 9.97 Å². The van der Waals surface area contributed by atoms with Gasteiger partial charge in [0, 0.05) is 37.5 Å². The van der Waals surface area contributed by atoms with Crippen molar-refractivity contribution in [2.45, 2.75) is 0 Å². The maximum absolute atomic E-state index is 16.9. The van der Waals surface area contributed by atoms with Gasteiger partial charge in [-0.1, -0.05) is 146 Å². The van der Waals surface area contributed by atoms with Crippen LogP contribution in [0.4, 0.5) is 0 Å². The van der Waals surface area contributed by atoms with Crippen LogP contribution in [0, 0.1) is 0 Å². The molecule has 0 bridgehead atoms. The molecule has 3 aromatic heterocycles. The minimum absolute atomic E-state index is 0.753. The largest absolute Gasteiger partial charge is 0.309 e. The third-order valence-corrected chi connectivity index (χ3v) is 14.6. The van der Waals surface area contributed by atoms with E-state index in [0.717, 1.165) is 104 Å². The van der Waals surface area contributed by atoms with Crippen LogP contribution in [0.3, 0.4) is 0 Å². The molecule has 1 atom stereocenters. The van der Waals surface area contributed by atoms with Crippen molar-refractivity contribution in [2.24, 2.45) is 0 Å². The Morgan fingerprint density at radius 1 is 0.411 bits per heavy atom. The van der Waals surface area contributed by atoms with Gasteiger partial charge >= 0.3 is 0 Å². The Kier molecular flexibility index (Phi) is 6.55. The average Bonchev–Trinajstić information content (AvgIpc) is 3.82. The SMILES string of the molecule is O=P(c1ccc2ccccc2c1)(c1cccc2ccccc12)c1cc2c3ccccc3n(-c3nc4ccccc4c4nc5ccccc5n34)c2c2ccccc12. The lowest BCUT2D eigenvalue weighted by Crippen LogP contribution is -2.26. The molecular formula is C50H31N4OP. The highest BCUT2D eigenvalue weighted by atomic mass is 31.2. The third kappa shape index (κ3) is 4.29. The van der Waals surface area contributed by atoms with Crippen LogP contribution in [0.2, 0.25) is 0 Å². The quantitative estimate of drug-likeness (QED) is 0.169. The normalized spacial score (nSPS) is 13.2. The molecule has 0 N–H and O–H groups in total. The number of benzene rings is 9. The molecule has 0 aliphatic carbocycles. The van der Waals surface area contributed by atoms with Crippen LogP contribution in [0.25, 0.3) is 87.7 Å². The number of hydrogen-bond acceptors (Lipinski definition) is 3. The van der Waals surface area contributed by atoms with Crippen LogP contribution >= 0.6 is 7.14 Å². The Labute approximate surface area is 321 Å². The van der Waals surface area contributed by atoms with E-state index in [1.54, 1.807) is 0 Å². The van der Waals surface area contributed by atoms with E-state index in [1.165, 1.54) is 0 Å². The standard InChI is InChI=1S/C50H31N4OP/c55-56(35-29-28-32-14-1-2-16-34(32)30-35,46-27-13-17-33-15-3-4-18-36(33)46)47-31-41-37-19-8-11-25-44(37)53(48(41)39-21-6-5-20-38(39)47)50-52-42-23-9-7-22-40(42)49-51-43-24-10-12-26-45(43)54(49)50/h1-31H. The van der Waals surface area contributed by atoms with Crippen molar-refractivity contribution in [2.75, 3.05) is 0 Å². The van der Waals surface area contributed by atoms with Crippen molar-refractivity contribution in [1.82, 2.24) is 18.9 Å². The second-order valence-corrected chi connectivity index (χ2v) is 17.2. The minimum atomic E-state index is -3.55. The topological polar surface area (TPSA) is 52.2 Å². The molecule has 0 saturated carbocycles. The van der Waals surface area contributed by atoms with Gasteiger partial charge in [-0.05, 0) is 69.4 Å². The molecule has 0 radical (unpaired) electrons. The zero-order valence-corrected chi connectivity index (χ0v) is 30.9. The van der Waals surface area contributed by atoms with Gasteiger partial charge in [-0.25, -0.2) is 9.97 Å². The second-order valence-electron chi connectivity index (χ2n) is 14.5. The van der Waals surface area contributed by atoms with E-state index in [9.17, 15) is 0 Å². The van der Waals surface area contributed by atoms with E-state index >= 15 is 4.57 Å². The van der Waals surface area contributed by atoms with Gasteiger partial charge in [0.25, 0.3) is 0 Å². The maximum Gasteiger partial charge on any atom is 0.221 e. The van der Waals surface area contributed by atoms with Crippen molar-refractivity contribution in [3.63, 3.8) is 0 Å². The fourth-order valence-electron chi connectivity index (χ4n) is 9.01. The highest BCUT2D eigenvalue weighted by Gasteiger charge is 2.35. The van der Waals surface area contributed by atoms with E-state index in [0.29, 0.717) is 0 Å². The molecule has 12 rings (SSSR count). The molecule has 0 aliphatic rings. The van der Waals surface area contributed by atoms with E-state index in [1.807, 2.05) is 48.5 Å². The number of rotatable bonds is 4. The summed E-state index contributed by atoms with van der Waals surface area (Å²) in [5, 5.41) is 11.7. The van der Waals surface area contributed by atoms with Crippen molar-refractivity contribution in [3.8, 4) is 5.95 Å². The van der Waals surface area contributed by atoms with Gasteiger partial charge in [-0.3, -0.25) is 8.97 Å². The van der Waals surface area contributed by atoms with E-state index < -0.39 is 7.14 Å². The summed E-state index contributed by atoms with van der Waals surface area (Å²) in [6.45, 7) is 0. The van der Waals surface area contributed by atoms with Crippen molar-refractivity contribution < 1.29 is 4.57 Å². The first kappa shape index (κ1) is 31.3. The number of fused-ring (bicyclic) bond motifs is 12. The van der Waals surface area contributed by atoms with Crippen LogP contribution in [-0.2, 0) is 4.57 Å². The fourth-order valence-corrected chi connectivity index (χ4v) is 12.1. The number of nitrogens with zero attached hydrogens (tertiary/aromatic N) is 4. The first-order valence-corrected chi connectivity index (χ1v) is 20.6. The summed E-state index contributed by atoms with van der Waals surface area (Å²) >= 11 is 0. The van der Waals surface area contributed by atoms with Gasteiger partial charge in [-0.15, -0.1) is 0 Å². The lowest BCUT2D eigenvalue weighted by molar-refractivity contribution is 0.593. The Hall–Kier alpha value is -7.07. The van der Waals surface area contributed by atoms with Crippen molar-refractivity contribution in [3.05, 3.63) is 188 Å². The van der Waals surface area contributed by atoms with Crippen LogP contribution in [0.1, 0.15) is 0 Å². The fraction of sp³-hybridized carbons (Fsp3) is 0.